The van der Waals surface area contributed by atoms with E-state index in [2.05, 4.69) is 67.2 Å². The van der Waals surface area contributed by atoms with Crippen LogP contribution in [-0.2, 0) is 9.47 Å². The second-order valence-corrected chi connectivity index (χ2v) is 18.2. The molecule has 0 bridgehead atoms. The van der Waals surface area contributed by atoms with Crippen molar-refractivity contribution in [2.45, 2.75) is 138 Å². The van der Waals surface area contributed by atoms with E-state index >= 15 is 0 Å². The minimum atomic E-state index is 0.0514. The molecule has 1 aliphatic heterocycles. The van der Waals surface area contributed by atoms with Gasteiger partial charge in [-0.05, 0) is 146 Å². The summed E-state index contributed by atoms with van der Waals surface area (Å²) in [7, 11) is 1.89. The van der Waals surface area contributed by atoms with E-state index in [-0.39, 0.29) is 10.8 Å². The molecule has 1 saturated heterocycles. The molecule has 243 valence electrons. The quantitative estimate of drug-likeness (QED) is 0.283. The Morgan fingerprint density at radius 2 is 1.73 bits per heavy atom. The number of rotatable bonds is 6. The van der Waals surface area contributed by atoms with Crippen molar-refractivity contribution in [3.8, 4) is 0 Å². The van der Waals surface area contributed by atoms with Crippen LogP contribution in [0.25, 0.3) is 0 Å². The molecule has 0 N–H and O–H groups in total. The van der Waals surface area contributed by atoms with Gasteiger partial charge in [0.15, 0.2) is 0 Å². The minimum Gasteiger partial charge on any atom is -0.500 e. The first-order chi connectivity index (χ1) is 20.9. The fraction of sp³-hybridized carbons (Fsp3) is 0.786. The SMILES string of the molecule is C=CC1=C(OC)C(C)(C)C2CC[C@]3(C)[C@H](CC[C@@H]4[C@H]5[C@H](C(=C)C)CC[C@]5(CC5=C(C6CCCCCO6)[CH]5)CC[C@]43C)[C@@]2(C)C1. The van der Waals surface area contributed by atoms with Crippen LogP contribution in [0.4, 0.5) is 0 Å². The zero-order valence-corrected chi connectivity index (χ0v) is 29.5. The lowest BCUT2D eigenvalue weighted by molar-refractivity contribution is -0.229. The lowest BCUT2D eigenvalue weighted by Crippen LogP contribution is -2.65. The first kappa shape index (κ1) is 31.3. The van der Waals surface area contributed by atoms with Crippen molar-refractivity contribution < 1.29 is 9.47 Å². The van der Waals surface area contributed by atoms with Gasteiger partial charge in [0.2, 0.25) is 0 Å². The highest BCUT2D eigenvalue weighted by Gasteiger charge is 2.71. The van der Waals surface area contributed by atoms with Gasteiger partial charge >= 0.3 is 0 Å². The van der Waals surface area contributed by atoms with Crippen LogP contribution in [0.2, 0.25) is 0 Å². The fourth-order valence-corrected chi connectivity index (χ4v) is 14.2. The lowest BCUT2D eigenvalue weighted by atomic mass is 9.32. The van der Waals surface area contributed by atoms with Crippen LogP contribution >= 0.6 is 0 Å². The molecule has 4 saturated carbocycles. The number of fused-ring (bicyclic) bond motifs is 7. The predicted molar refractivity (Wildman–Crippen MR) is 183 cm³/mol. The Kier molecular flexibility index (Phi) is 7.56. The second-order valence-electron chi connectivity index (χ2n) is 18.2. The monoisotopic (exact) mass is 599 g/mol. The molecule has 7 aliphatic rings. The number of allylic oxidation sites excluding steroid dienone is 5. The molecule has 2 nitrogen and oxygen atoms in total. The molecule has 6 aliphatic carbocycles. The lowest BCUT2D eigenvalue weighted by Gasteiger charge is -2.72. The van der Waals surface area contributed by atoms with E-state index in [1.54, 1.807) is 11.1 Å². The van der Waals surface area contributed by atoms with E-state index in [9.17, 15) is 0 Å². The van der Waals surface area contributed by atoms with Crippen molar-refractivity contribution in [1.29, 1.82) is 0 Å². The molecule has 0 amide bonds. The van der Waals surface area contributed by atoms with E-state index < -0.39 is 0 Å². The average molecular weight is 600 g/mol. The summed E-state index contributed by atoms with van der Waals surface area (Å²) in [4.78, 5) is 0. The Hall–Kier alpha value is -1.28. The highest BCUT2D eigenvalue weighted by molar-refractivity contribution is 5.53. The van der Waals surface area contributed by atoms with Gasteiger partial charge in [-0.1, -0.05) is 77.8 Å². The molecule has 2 heteroatoms. The van der Waals surface area contributed by atoms with Gasteiger partial charge in [0, 0.05) is 18.4 Å². The summed E-state index contributed by atoms with van der Waals surface area (Å²) in [5, 5.41) is 0. The van der Waals surface area contributed by atoms with Crippen molar-refractivity contribution in [1.82, 2.24) is 0 Å². The molecule has 7 rings (SSSR count). The topological polar surface area (TPSA) is 18.5 Å². The summed E-state index contributed by atoms with van der Waals surface area (Å²) in [6.07, 6.45) is 23.7. The Labute approximate surface area is 270 Å². The molecular weight excluding hydrogens is 536 g/mol. The first-order valence-electron chi connectivity index (χ1n) is 18.6. The Balaban J connectivity index is 1.22. The van der Waals surface area contributed by atoms with Crippen molar-refractivity contribution >= 4 is 0 Å². The largest absolute Gasteiger partial charge is 0.500 e. The van der Waals surface area contributed by atoms with Gasteiger partial charge in [0.1, 0.15) is 5.76 Å². The molecule has 0 aromatic heterocycles. The maximum Gasteiger partial charge on any atom is 0.105 e. The van der Waals surface area contributed by atoms with E-state index in [4.69, 9.17) is 9.47 Å². The van der Waals surface area contributed by atoms with Gasteiger partial charge in [-0.2, -0.15) is 0 Å². The van der Waals surface area contributed by atoms with Gasteiger partial charge in [-0.3, -0.25) is 0 Å². The van der Waals surface area contributed by atoms with Crippen LogP contribution in [0, 0.1) is 63.1 Å². The molecule has 1 radical (unpaired) electrons. The third kappa shape index (κ3) is 4.27. The Morgan fingerprint density at radius 3 is 2.45 bits per heavy atom. The first-order valence-corrected chi connectivity index (χ1v) is 18.6. The summed E-state index contributed by atoms with van der Waals surface area (Å²) in [5.74, 6) is 4.89. The normalized spacial score (nSPS) is 48.0. The second kappa shape index (κ2) is 10.6. The van der Waals surface area contributed by atoms with Crippen molar-refractivity contribution in [3.05, 3.63) is 53.7 Å². The zero-order chi connectivity index (χ0) is 31.3. The Bertz CT molecular complexity index is 1260. The van der Waals surface area contributed by atoms with Gasteiger partial charge in [-0.25, -0.2) is 0 Å². The standard InChI is InChI=1S/C42H63O2/c1-10-28-25-39(6)34(38(4,5)37(28)43-9)18-19-41(8)35(39)16-15-32-36-30(27(2)3)17-20-42(36,22-21-40(32,41)7)26-29-24-31(29)33-14-12-11-13-23-44-33/h10,24,30,32-36H,1-2,11-23,25-26H2,3-9H3/t30-,32+,33?,34?,35+,36+,39-,40+,41+,42+/m0/s1. The highest BCUT2D eigenvalue weighted by atomic mass is 16.5. The highest BCUT2D eigenvalue weighted by Crippen LogP contribution is 2.78. The predicted octanol–water partition coefficient (Wildman–Crippen LogP) is 11.2. The number of hydrogen-bond donors (Lipinski definition) is 0. The molecule has 5 fully saturated rings. The van der Waals surface area contributed by atoms with Gasteiger partial charge in [-0.15, -0.1) is 0 Å². The summed E-state index contributed by atoms with van der Waals surface area (Å²) < 4.78 is 12.5. The molecule has 0 spiro atoms. The summed E-state index contributed by atoms with van der Waals surface area (Å²) in [6, 6.07) is 0. The molecule has 44 heavy (non-hydrogen) atoms. The molecule has 10 atom stereocenters. The average Bonchev–Trinajstić information content (AvgIpc) is 3.69. The van der Waals surface area contributed by atoms with Crippen molar-refractivity contribution in [2.24, 2.45) is 56.7 Å². The maximum atomic E-state index is 6.37. The number of methoxy groups -OCH3 is 1. The van der Waals surface area contributed by atoms with Crippen molar-refractivity contribution in [3.63, 3.8) is 0 Å². The molecule has 2 unspecified atom stereocenters. The van der Waals surface area contributed by atoms with Crippen LogP contribution in [0.5, 0.6) is 0 Å². The zero-order valence-electron chi connectivity index (χ0n) is 29.5. The van der Waals surface area contributed by atoms with E-state index in [0.29, 0.717) is 34.2 Å². The maximum absolute atomic E-state index is 6.37. The molecule has 1 heterocycles. The molecule has 0 aromatic rings. The van der Waals surface area contributed by atoms with Gasteiger partial charge in [0.25, 0.3) is 0 Å². The van der Waals surface area contributed by atoms with E-state index in [1.165, 1.54) is 100 Å². The van der Waals surface area contributed by atoms with Crippen LogP contribution in [-0.4, -0.2) is 19.8 Å². The van der Waals surface area contributed by atoms with Crippen molar-refractivity contribution in [2.75, 3.05) is 13.7 Å². The summed E-state index contributed by atoms with van der Waals surface area (Å²) in [5.41, 5.74) is 7.66. The molecular formula is C42H63O2. The van der Waals surface area contributed by atoms with Gasteiger partial charge in [0.05, 0.1) is 13.2 Å². The van der Waals surface area contributed by atoms with E-state index in [0.717, 1.165) is 30.8 Å². The summed E-state index contributed by atoms with van der Waals surface area (Å²) in [6.45, 7) is 25.5. The minimum absolute atomic E-state index is 0.0514. The third-order valence-corrected chi connectivity index (χ3v) is 16.2. The number of hydrogen-bond acceptors (Lipinski definition) is 2. The molecule has 0 aromatic carbocycles. The fourth-order valence-electron chi connectivity index (χ4n) is 14.2. The van der Waals surface area contributed by atoms with Crippen LogP contribution in [0.15, 0.2) is 47.3 Å². The number of ether oxygens (including phenoxy) is 2. The van der Waals surface area contributed by atoms with Crippen LogP contribution in [0.3, 0.4) is 0 Å². The Morgan fingerprint density at radius 1 is 0.932 bits per heavy atom. The van der Waals surface area contributed by atoms with Crippen LogP contribution < -0.4 is 0 Å². The summed E-state index contributed by atoms with van der Waals surface area (Å²) >= 11 is 0. The third-order valence-electron chi connectivity index (χ3n) is 16.2. The van der Waals surface area contributed by atoms with Crippen LogP contribution in [0.1, 0.15) is 131 Å². The smallest absolute Gasteiger partial charge is 0.105 e. The van der Waals surface area contributed by atoms with Gasteiger partial charge < -0.3 is 9.47 Å². The van der Waals surface area contributed by atoms with E-state index in [1.807, 2.05) is 7.11 Å².